The van der Waals surface area contributed by atoms with E-state index in [4.69, 9.17) is 4.42 Å². The van der Waals surface area contributed by atoms with Crippen LogP contribution < -0.4 is 10.6 Å². The normalized spacial score (nSPS) is 21.0. The Morgan fingerprint density at radius 3 is 2.88 bits per heavy atom. The number of furan rings is 1. The minimum Gasteiger partial charge on any atom is -0.464 e. The maximum absolute atomic E-state index is 12.2. The van der Waals surface area contributed by atoms with Gasteiger partial charge in [0.2, 0.25) is 0 Å². The van der Waals surface area contributed by atoms with E-state index >= 15 is 0 Å². The zero-order valence-corrected chi connectivity index (χ0v) is 14.1. The van der Waals surface area contributed by atoms with Gasteiger partial charge in [0.25, 0.3) is 0 Å². The molecule has 2 amide bonds. The molecule has 2 aromatic rings. The SMILES string of the molecule is Cc1ccc(C(C)NC(=O)NCC2(O)CCCc3ccccc32)o1. The maximum Gasteiger partial charge on any atom is 0.315 e. The number of rotatable bonds is 4. The van der Waals surface area contributed by atoms with Crippen molar-refractivity contribution in [3.63, 3.8) is 0 Å². The van der Waals surface area contributed by atoms with Crippen molar-refractivity contribution in [2.24, 2.45) is 0 Å². The molecule has 1 heterocycles. The second-order valence-corrected chi connectivity index (χ2v) is 6.54. The lowest BCUT2D eigenvalue weighted by Gasteiger charge is -2.34. The number of aryl methyl sites for hydroxylation is 2. The van der Waals surface area contributed by atoms with Gasteiger partial charge in [-0.25, -0.2) is 4.79 Å². The number of carbonyl (C=O) groups excluding carboxylic acids is 1. The Morgan fingerprint density at radius 1 is 1.33 bits per heavy atom. The van der Waals surface area contributed by atoms with Crippen LogP contribution in [-0.4, -0.2) is 17.7 Å². The number of urea groups is 1. The van der Waals surface area contributed by atoms with Crippen LogP contribution >= 0.6 is 0 Å². The Kier molecular flexibility index (Phi) is 4.62. The van der Waals surface area contributed by atoms with E-state index in [2.05, 4.69) is 10.6 Å². The second-order valence-electron chi connectivity index (χ2n) is 6.54. The van der Waals surface area contributed by atoms with Crippen LogP contribution in [0.25, 0.3) is 0 Å². The molecule has 2 atom stereocenters. The number of carbonyl (C=O) groups is 1. The molecule has 0 saturated heterocycles. The first-order valence-corrected chi connectivity index (χ1v) is 8.39. The van der Waals surface area contributed by atoms with Crippen LogP contribution in [-0.2, 0) is 12.0 Å². The Hall–Kier alpha value is -2.27. The summed E-state index contributed by atoms with van der Waals surface area (Å²) >= 11 is 0. The van der Waals surface area contributed by atoms with Crippen molar-refractivity contribution in [3.8, 4) is 0 Å². The van der Waals surface area contributed by atoms with Gasteiger partial charge in [-0.15, -0.1) is 0 Å². The van der Waals surface area contributed by atoms with E-state index in [1.165, 1.54) is 0 Å². The quantitative estimate of drug-likeness (QED) is 0.807. The van der Waals surface area contributed by atoms with Gasteiger partial charge in [0.15, 0.2) is 0 Å². The summed E-state index contributed by atoms with van der Waals surface area (Å²) in [4.78, 5) is 12.2. The number of hydrogen-bond donors (Lipinski definition) is 3. The van der Waals surface area contributed by atoms with Crippen LogP contribution in [0.3, 0.4) is 0 Å². The molecular weight excluding hydrogens is 304 g/mol. The number of amides is 2. The first-order chi connectivity index (χ1) is 11.5. The second kappa shape index (κ2) is 6.69. The predicted octanol–water partition coefficient (Wildman–Crippen LogP) is 3.17. The lowest BCUT2D eigenvalue weighted by atomic mass is 9.79. The summed E-state index contributed by atoms with van der Waals surface area (Å²) in [5.41, 5.74) is 1.08. The van der Waals surface area contributed by atoms with E-state index in [0.29, 0.717) is 12.2 Å². The summed E-state index contributed by atoms with van der Waals surface area (Å²) in [6, 6.07) is 11.1. The zero-order valence-electron chi connectivity index (χ0n) is 14.1. The molecule has 5 heteroatoms. The molecule has 0 radical (unpaired) electrons. The van der Waals surface area contributed by atoms with Gasteiger partial charge < -0.3 is 20.2 Å². The molecule has 1 aromatic heterocycles. The molecule has 0 aliphatic heterocycles. The summed E-state index contributed by atoms with van der Waals surface area (Å²) in [7, 11) is 0. The summed E-state index contributed by atoms with van der Waals surface area (Å²) in [6.45, 7) is 3.93. The van der Waals surface area contributed by atoms with Gasteiger partial charge >= 0.3 is 6.03 Å². The summed E-state index contributed by atoms with van der Waals surface area (Å²) in [5, 5.41) is 16.6. The molecule has 3 rings (SSSR count). The molecule has 1 aliphatic rings. The monoisotopic (exact) mass is 328 g/mol. The van der Waals surface area contributed by atoms with Gasteiger partial charge in [0.1, 0.15) is 17.1 Å². The van der Waals surface area contributed by atoms with Gasteiger partial charge in [-0.05, 0) is 56.4 Å². The predicted molar refractivity (Wildman–Crippen MR) is 91.7 cm³/mol. The van der Waals surface area contributed by atoms with Crippen LogP contribution in [0.1, 0.15) is 48.5 Å². The fraction of sp³-hybridized carbons (Fsp3) is 0.421. The van der Waals surface area contributed by atoms with Crippen molar-refractivity contribution in [2.45, 2.75) is 44.8 Å². The minimum absolute atomic E-state index is 0.194. The molecule has 0 saturated carbocycles. The Morgan fingerprint density at radius 2 is 2.12 bits per heavy atom. The van der Waals surface area contributed by atoms with Gasteiger partial charge in [0, 0.05) is 0 Å². The molecule has 2 unspecified atom stereocenters. The topological polar surface area (TPSA) is 74.5 Å². The molecule has 0 fully saturated rings. The first kappa shape index (κ1) is 16.6. The minimum atomic E-state index is -1.00. The molecule has 24 heavy (non-hydrogen) atoms. The van der Waals surface area contributed by atoms with E-state index in [-0.39, 0.29) is 18.6 Å². The summed E-state index contributed by atoms with van der Waals surface area (Å²) in [5.74, 6) is 1.52. The van der Waals surface area contributed by atoms with E-state index in [1.54, 1.807) is 0 Å². The van der Waals surface area contributed by atoms with Crippen molar-refractivity contribution in [1.29, 1.82) is 0 Å². The Bertz CT molecular complexity index is 725. The molecule has 1 aliphatic carbocycles. The Labute approximate surface area is 142 Å². The number of aliphatic hydroxyl groups is 1. The van der Waals surface area contributed by atoms with Crippen molar-refractivity contribution in [2.75, 3.05) is 6.54 Å². The summed E-state index contributed by atoms with van der Waals surface area (Å²) < 4.78 is 5.52. The van der Waals surface area contributed by atoms with Crippen molar-refractivity contribution in [1.82, 2.24) is 10.6 Å². The van der Waals surface area contributed by atoms with Crippen LogP contribution in [0.2, 0.25) is 0 Å². The van der Waals surface area contributed by atoms with Crippen LogP contribution in [0, 0.1) is 6.92 Å². The highest BCUT2D eigenvalue weighted by Gasteiger charge is 2.34. The fourth-order valence-corrected chi connectivity index (χ4v) is 3.31. The van der Waals surface area contributed by atoms with Crippen LogP contribution in [0.4, 0.5) is 4.79 Å². The van der Waals surface area contributed by atoms with Crippen LogP contribution in [0.5, 0.6) is 0 Å². The number of hydrogen-bond acceptors (Lipinski definition) is 3. The molecule has 1 aromatic carbocycles. The fourth-order valence-electron chi connectivity index (χ4n) is 3.31. The smallest absolute Gasteiger partial charge is 0.315 e. The van der Waals surface area contributed by atoms with Gasteiger partial charge in [-0.2, -0.15) is 0 Å². The highest BCUT2D eigenvalue weighted by Crippen LogP contribution is 2.34. The Balaban J connectivity index is 1.60. The van der Waals surface area contributed by atoms with Crippen molar-refractivity contribution in [3.05, 3.63) is 59.0 Å². The van der Waals surface area contributed by atoms with Gasteiger partial charge in [0.05, 0.1) is 12.6 Å². The van der Waals surface area contributed by atoms with E-state index in [0.717, 1.165) is 29.7 Å². The third-order valence-electron chi connectivity index (χ3n) is 4.63. The molecule has 0 bridgehead atoms. The highest BCUT2D eigenvalue weighted by atomic mass is 16.3. The molecule has 0 spiro atoms. The maximum atomic E-state index is 12.2. The molecular formula is C19H24N2O3. The van der Waals surface area contributed by atoms with Gasteiger partial charge in [-0.1, -0.05) is 24.3 Å². The van der Waals surface area contributed by atoms with Crippen LogP contribution in [0.15, 0.2) is 40.8 Å². The molecule has 5 nitrogen and oxygen atoms in total. The number of fused-ring (bicyclic) bond motifs is 1. The van der Waals surface area contributed by atoms with Crippen molar-refractivity contribution >= 4 is 6.03 Å². The highest BCUT2D eigenvalue weighted by molar-refractivity contribution is 5.74. The number of benzene rings is 1. The lowest BCUT2D eigenvalue weighted by molar-refractivity contribution is 0.0216. The van der Waals surface area contributed by atoms with Crippen molar-refractivity contribution < 1.29 is 14.3 Å². The third-order valence-corrected chi connectivity index (χ3v) is 4.63. The molecule has 3 N–H and O–H groups in total. The first-order valence-electron chi connectivity index (χ1n) is 8.39. The average molecular weight is 328 g/mol. The van der Waals surface area contributed by atoms with E-state index in [1.807, 2.05) is 50.2 Å². The van der Waals surface area contributed by atoms with Gasteiger partial charge in [-0.3, -0.25) is 0 Å². The third kappa shape index (κ3) is 3.46. The standard InChI is InChI=1S/C19H24N2O3/c1-13-9-10-17(24-13)14(2)21-18(22)20-12-19(23)11-5-7-15-6-3-4-8-16(15)19/h3-4,6,8-10,14,23H,5,7,11-12H2,1-2H3,(H2,20,21,22). The van der Waals surface area contributed by atoms with E-state index < -0.39 is 5.60 Å². The zero-order chi connectivity index (χ0) is 17.2. The average Bonchev–Trinajstić information content (AvgIpc) is 3.00. The molecule has 128 valence electrons. The lowest BCUT2D eigenvalue weighted by Crippen LogP contribution is -2.46. The summed E-state index contributed by atoms with van der Waals surface area (Å²) in [6.07, 6.45) is 2.54. The number of nitrogens with one attached hydrogen (secondary N) is 2. The van der Waals surface area contributed by atoms with E-state index in [9.17, 15) is 9.90 Å². The largest absolute Gasteiger partial charge is 0.464 e.